The Morgan fingerprint density at radius 2 is 2.14 bits per heavy atom. The highest BCUT2D eigenvalue weighted by Crippen LogP contribution is 2.25. The molecule has 1 aliphatic heterocycles. The van der Waals surface area contributed by atoms with Gasteiger partial charge in [-0.3, -0.25) is 19.8 Å². The number of halogens is 2. The number of nitrogens with zero attached hydrogens (tertiary/aromatic N) is 1. The lowest BCUT2D eigenvalue weighted by Gasteiger charge is -2.27. The number of hydrogen-bond donors (Lipinski definition) is 1. The van der Waals surface area contributed by atoms with Crippen LogP contribution in [-0.2, 0) is 9.59 Å². The molecule has 22 heavy (non-hydrogen) atoms. The predicted molar refractivity (Wildman–Crippen MR) is 86.8 cm³/mol. The summed E-state index contributed by atoms with van der Waals surface area (Å²) in [5, 5.41) is 2.48. The largest absolute Gasteiger partial charge is 0.298 e. The highest BCUT2D eigenvalue weighted by molar-refractivity contribution is 7.80. The second-order valence-corrected chi connectivity index (χ2v) is 5.41. The van der Waals surface area contributed by atoms with Crippen LogP contribution in [0.2, 0.25) is 5.02 Å². The highest BCUT2D eigenvalue weighted by atomic mass is 35.5. The first kappa shape index (κ1) is 16.3. The number of carbonyl (C=O) groups excluding carboxylic acids is 2. The van der Waals surface area contributed by atoms with E-state index in [-0.39, 0.29) is 27.8 Å². The van der Waals surface area contributed by atoms with E-state index in [0.29, 0.717) is 5.56 Å². The Morgan fingerprint density at radius 1 is 1.45 bits per heavy atom. The lowest BCUT2D eigenvalue weighted by atomic mass is 10.0. The SMILES string of the molecule is C=CCN1C(=O)/C(=C/c2c(Cl)ccc(C)c2F)C(=O)NC1=S. The normalized spacial score (nSPS) is 17.0. The van der Waals surface area contributed by atoms with Crippen LogP contribution in [-0.4, -0.2) is 28.4 Å². The van der Waals surface area contributed by atoms with E-state index in [1.807, 2.05) is 0 Å². The fourth-order valence-corrected chi connectivity index (χ4v) is 2.39. The molecule has 114 valence electrons. The molecule has 1 fully saturated rings. The van der Waals surface area contributed by atoms with Crippen molar-refractivity contribution >= 4 is 46.8 Å². The van der Waals surface area contributed by atoms with E-state index >= 15 is 0 Å². The molecule has 0 unspecified atom stereocenters. The van der Waals surface area contributed by atoms with Crippen molar-refractivity contribution in [1.29, 1.82) is 0 Å². The molecule has 0 radical (unpaired) electrons. The fraction of sp³-hybridized carbons (Fsp3) is 0.133. The molecule has 2 rings (SSSR count). The summed E-state index contributed by atoms with van der Waals surface area (Å²) >= 11 is 10.9. The summed E-state index contributed by atoms with van der Waals surface area (Å²) in [5.41, 5.74) is 0.117. The van der Waals surface area contributed by atoms with Crippen LogP contribution in [0.5, 0.6) is 0 Å². The first-order chi connectivity index (χ1) is 10.4. The van der Waals surface area contributed by atoms with Crippen LogP contribution in [0.4, 0.5) is 4.39 Å². The molecule has 2 amide bonds. The average Bonchev–Trinajstić information content (AvgIpc) is 2.46. The molecule has 0 aromatic heterocycles. The molecule has 0 spiro atoms. The second-order valence-electron chi connectivity index (χ2n) is 4.61. The number of amides is 2. The van der Waals surface area contributed by atoms with E-state index in [4.69, 9.17) is 23.8 Å². The monoisotopic (exact) mass is 338 g/mol. The third-order valence-corrected chi connectivity index (χ3v) is 3.76. The third-order valence-electron chi connectivity index (χ3n) is 3.11. The Kier molecular flexibility index (Phi) is 4.73. The minimum atomic E-state index is -0.688. The van der Waals surface area contributed by atoms with Gasteiger partial charge in [-0.05, 0) is 36.8 Å². The van der Waals surface area contributed by atoms with Gasteiger partial charge in [-0.15, -0.1) is 6.58 Å². The quantitative estimate of drug-likeness (QED) is 0.399. The lowest BCUT2D eigenvalue weighted by Crippen LogP contribution is -2.53. The molecule has 1 N–H and O–H groups in total. The minimum absolute atomic E-state index is 0.00784. The summed E-state index contributed by atoms with van der Waals surface area (Å²) in [6.45, 7) is 5.23. The van der Waals surface area contributed by atoms with Gasteiger partial charge in [-0.2, -0.15) is 0 Å². The molecule has 0 saturated carbocycles. The fourth-order valence-electron chi connectivity index (χ4n) is 1.94. The van der Waals surface area contributed by atoms with Crippen LogP contribution in [0.3, 0.4) is 0 Å². The molecule has 1 aromatic carbocycles. The molecule has 1 aromatic rings. The molecular formula is C15H12ClFN2O2S. The number of benzene rings is 1. The van der Waals surface area contributed by atoms with Crippen LogP contribution in [0.15, 0.2) is 30.4 Å². The van der Waals surface area contributed by atoms with E-state index in [1.54, 1.807) is 6.92 Å². The van der Waals surface area contributed by atoms with E-state index in [2.05, 4.69) is 11.9 Å². The predicted octanol–water partition coefficient (Wildman–Crippen LogP) is 2.60. The second kappa shape index (κ2) is 6.37. The van der Waals surface area contributed by atoms with E-state index in [0.717, 1.165) is 11.0 Å². The Labute approximate surface area is 137 Å². The van der Waals surface area contributed by atoms with Crippen molar-refractivity contribution in [2.45, 2.75) is 6.92 Å². The van der Waals surface area contributed by atoms with E-state index in [9.17, 15) is 14.0 Å². The van der Waals surface area contributed by atoms with Crippen molar-refractivity contribution in [2.75, 3.05) is 6.54 Å². The number of nitrogens with one attached hydrogen (secondary N) is 1. The summed E-state index contributed by atoms with van der Waals surface area (Å²) in [6.07, 6.45) is 2.61. The smallest absolute Gasteiger partial charge is 0.265 e. The zero-order valence-corrected chi connectivity index (χ0v) is 13.2. The number of rotatable bonds is 3. The van der Waals surface area contributed by atoms with E-state index in [1.165, 1.54) is 18.2 Å². The molecule has 0 aliphatic carbocycles. The molecule has 1 aliphatic rings. The van der Waals surface area contributed by atoms with Crippen molar-refractivity contribution in [3.05, 3.63) is 52.3 Å². The third kappa shape index (κ3) is 2.93. The number of hydrogen-bond acceptors (Lipinski definition) is 3. The number of thiocarbonyl (C=S) groups is 1. The van der Waals surface area contributed by atoms with Crippen molar-refractivity contribution in [2.24, 2.45) is 0 Å². The van der Waals surface area contributed by atoms with Crippen LogP contribution in [0.25, 0.3) is 6.08 Å². The summed E-state index contributed by atoms with van der Waals surface area (Å²) in [4.78, 5) is 25.5. The maximum Gasteiger partial charge on any atom is 0.265 e. The topological polar surface area (TPSA) is 49.4 Å². The van der Waals surface area contributed by atoms with Crippen molar-refractivity contribution in [1.82, 2.24) is 10.2 Å². The highest BCUT2D eigenvalue weighted by Gasteiger charge is 2.33. The molecule has 0 atom stereocenters. The number of carbonyl (C=O) groups is 2. The first-order valence-corrected chi connectivity index (χ1v) is 7.09. The van der Waals surface area contributed by atoms with Gasteiger partial charge >= 0.3 is 0 Å². The van der Waals surface area contributed by atoms with Gasteiger partial charge in [0.15, 0.2) is 5.11 Å². The molecular weight excluding hydrogens is 327 g/mol. The van der Waals surface area contributed by atoms with Crippen molar-refractivity contribution < 1.29 is 14.0 Å². The van der Waals surface area contributed by atoms with Crippen LogP contribution < -0.4 is 5.32 Å². The van der Waals surface area contributed by atoms with Gasteiger partial charge in [0.05, 0.1) is 5.02 Å². The average molecular weight is 339 g/mol. The van der Waals surface area contributed by atoms with Gasteiger partial charge < -0.3 is 0 Å². The summed E-state index contributed by atoms with van der Waals surface area (Å²) < 4.78 is 14.2. The van der Waals surface area contributed by atoms with Gasteiger partial charge in [0, 0.05) is 12.1 Å². The van der Waals surface area contributed by atoms with Gasteiger partial charge in [-0.1, -0.05) is 23.7 Å². The Bertz CT molecular complexity index is 730. The molecule has 0 bridgehead atoms. The Morgan fingerprint density at radius 3 is 2.77 bits per heavy atom. The standard InChI is InChI=1S/C15H12ClFN2O2S/c1-3-6-19-14(21)10(13(20)18-15(19)22)7-9-11(16)5-4-8(2)12(9)17/h3-5,7H,1,6H2,2H3,(H,18,20,22)/b10-7+. The zero-order chi connectivity index (χ0) is 16.4. The molecule has 1 saturated heterocycles. The first-order valence-electron chi connectivity index (χ1n) is 6.31. The molecule has 4 nitrogen and oxygen atoms in total. The number of aryl methyl sites for hydroxylation is 1. The van der Waals surface area contributed by atoms with Crippen molar-refractivity contribution in [3.63, 3.8) is 0 Å². The summed E-state index contributed by atoms with van der Waals surface area (Å²) in [7, 11) is 0. The summed E-state index contributed by atoms with van der Waals surface area (Å²) in [5.74, 6) is -1.89. The van der Waals surface area contributed by atoms with E-state index < -0.39 is 17.6 Å². The van der Waals surface area contributed by atoms with Gasteiger partial charge in [0.25, 0.3) is 11.8 Å². The van der Waals surface area contributed by atoms with Crippen molar-refractivity contribution in [3.8, 4) is 0 Å². The van der Waals surface area contributed by atoms with Crippen LogP contribution >= 0.6 is 23.8 Å². The maximum atomic E-state index is 14.2. The summed E-state index contributed by atoms with van der Waals surface area (Å²) in [6, 6.07) is 3.02. The van der Waals surface area contributed by atoms with Crippen LogP contribution in [0.1, 0.15) is 11.1 Å². The molecule has 7 heteroatoms. The maximum absolute atomic E-state index is 14.2. The minimum Gasteiger partial charge on any atom is -0.298 e. The van der Waals surface area contributed by atoms with Gasteiger partial charge in [0.2, 0.25) is 0 Å². The Balaban J connectivity index is 2.53. The van der Waals surface area contributed by atoms with Gasteiger partial charge in [0.1, 0.15) is 11.4 Å². The molecule has 1 heterocycles. The Hall–Kier alpha value is -2.05. The van der Waals surface area contributed by atoms with Gasteiger partial charge in [-0.25, -0.2) is 4.39 Å². The van der Waals surface area contributed by atoms with Crippen LogP contribution in [0, 0.1) is 12.7 Å². The lowest BCUT2D eigenvalue weighted by molar-refractivity contribution is -0.128. The zero-order valence-electron chi connectivity index (χ0n) is 11.7.